The zero-order valence-corrected chi connectivity index (χ0v) is 34.6. The first-order chi connectivity index (χ1) is 30.9. The molecule has 3 aliphatic rings. The predicted molar refractivity (Wildman–Crippen MR) is 217 cm³/mol. The van der Waals surface area contributed by atoms with Crippen LogP contribution in [0, 0.1) is 0 Å². The first-order valence-electron chi connectivity index (χ1n) is 20.1. The van der Waals surface area contributed by atoms with Gasteiger partial charge in [-0.3, -0.25) is 4.79 Å². The highest BCUT2D eigenvalue weighted by atomic mass is 16.7. The molecule has 22 nitrogen and oxygen atoms in total. The first kappa shape index (κ1) is 47.4. The van der Waals surface area contributed by atoms with Gasteiger partial charge >= 0.3 is 5.97 Å². The van der Waals surface area contributed by atoms with Crippen molar-refractivity contribution in [1.29, 1.82) is 0 Å². The molecule has 0 bridgehead atoms. The second-order valence-corrected chi connectivity index (χ2v) is 15.6. The number of phenols is 3. The summed E-state index contributed by atoms with van der Waals surface area (Å²) in [5.41, 5.74) is -0.908. The summed E-state index contributed by atoms with van der Waals surface area (Å²) in [6.45, 7) is 2.11. The fraction of sp³-hybridized carbons (Fsp3) is 0.442. The number of aliphatic hydroxyl groups is 8. The van der Waals surface area contributed by atoms with Crippen LogP contribution in [0.2, 0.25) is 0 Å². The average molecular weight is 917 g/mol. The van der Waals surface area contributed by atoms with Crippen molar-refractivity contribution in [2.24, 2.45) is 0 Å². The third kappa shape index (κ3) is 9.84. The monoisotopic (exact) mass is 916 g/mol. The molecule has 15 atom stereocenters. The number of phenolic OH excluding ortho intramolecular Hbond substituents is 3. The molecule has 1 aromatic heterocycles. The molecule has 352 valence electrons. The summed E-state index contributed by atoms with van der Waals surface area (Å²) in [6, 6.07) is 11.5. The summed E-state index contributed by atoms with van der Waals surface area (Å²) >= 11 is 0. The lowest BCUT2D eigenvalue weighted by Gasteiger charge is -2.43. The van der Waals surface area contributed by atoms with Crippen molar-refractivity contribution in [3.05, 3.63) is 76.5 Å². The minimum atomic E-state index is -2.12. The van der Waals surface area contributed by atoms with Crippen molar-refractivity contribution in [3.8, 4) is 45.8 Å². The molecule has 0 saturated carbocycles. The Morgan fingerprint density at radius 2 is 1.31 bits per heavy atom. The van der Waals surface area contributed by atoms with Crippen LogP contribution >= 0.6 is 0 Å². The Morgan fingerprint density at radius 3 is 1.97 bits per heavy atom. The van der Waals surface area contributed by atoms with Crippen LogP contribution in [0.5, 0.6) is 34.5 Å². The Morgan fingerprint density at radius 1 is 0.692 bits per heavy atom. The summed E-state index contributed by atoms with van der Waals surface area (Å²) in [6.07, 6.45) is -22.3. The van der Waals surface area contributed by atoms with Gasteiger partial charge in [-0.1, -0.05) is 6.07 Å². The Balaban J connectivity index is 1.21. The Kier molecular flexibility index (Phi) is 14.2. The van der Waals surface area contributed by atoms with E-state index in [1.54, 1.807) is 0 Å². The van der Waals surface area contributed by atoms with E-state index < -0.39 is 127 Å². The molecule has 11 N–H and O–H groups in total. The van der Waals surface area contributed by atoms with Gasteiger partial charge in [0, 0.05) is 23.8 Å². The summed E-state index contributed by atoms with van der Waals surface area (Å²) < 4.78 is 51.1. The van der Waals surface area contributed by atoms with Gasteiger partial charge in [0.25, 0.3) is 0 Å². The van der Waals surface area contributed by atoms with Gasteiger partial charge < -0.3 is 98.5 Å². The number of aromatic hydroxyl groups is 3. The zero-order valence-electron chi connectivity index (χ0n) is 34.6. The molecule has 3 aromatic carbocycles. The van der Waals surface area contributed by atoms with Gasteiger partial charge in [0.2, 0.25) is 23.8 Å². The highest BCUT2D eigenvalue weighted by Gasteiger charge is 2.50. The molecule has 0 aliphatic carbocycles. The van der Waals surface area contributed by atoms with E-state index in [4.69, 9.17) is 42.3 Å². The molecule has 3 aliphatic heterocycles. The van der Waals surface area contributed by atoms with E-state index in [1.807, 2.05) is 0 Å². The minimum absolute atomic E-state index is 0.0912. The topological polar surface area (TPSA) is 344 Å². The van der Waals surface area contributed by atoms with Crippen molar-refractivity contribution in [2.45, 2.75) is 106 Å². The van der Waals surface area contributed by atoms with Crippen molar-refractivity contribution >= 4 is 23.0 Å². The summed E-state index contributed by atoms with van der Waals surface area (Å²) in [7, 11) is 1.33. The van der Waals surface area contributed by atoms with Crippen LogP contribution in [0.25, 0.3) is 28.4 Å². The molecule has 65 heavy (non-hydrogen) atoms. The van der Waals surface area contributed by atoms with Gasteiger partial charge in [0.15, 0.2) is 29.7 Å². The third-order valence-electron chi connectivity index (χ3n) is 11.1. The third-order valence-corrected chi connectivity index (χ3v) is 11.1. The number of ether oxygens (including phenoxy) is 8. The number of hydrogen-bond donors (Lipinski definition) is 11. The van der Waals surface area contributed by atoms with Crippen molar-refractivity contribution in [3.63, 3.8) is 0 Å². The fourth-order valence-electron chi connectivity index (χ4n) is 7.36. The molecular formula is C43H48O22. The van der Waals surface area contributed by atoms with Crippen LogP contribution in [0.1, 0.15) is 19.4 Å². The normalized spacial score (nSPS) is 32.9. The lowest BCUT2D eigenvalue weighted by atomic mass is 9.98. The Labute approximate surface area is 367 Å². The van der Waals surface area contributed by atoms with Crippen molar-refractivity contribution < 1.29 is 103 Å². The number of methoxy groups -OCH3 is 1. The number of benzene rings is 3. The molecule has 0 amide bonds. The standard InChI is InChI=1S/C43H48O22/c1-16-29(48)32(51)35(54)41(59-16)58-15-26-39(64-27(47)11-5-18-4-10-22(45)24(12-18)57-3)34(53)37(56)43(63-26)65-40-31(50)28-23(46)13-21(61-42-36(55)33(52)30(49)17(2)60-42)14-25(28)62-38(40)19-6-8-20(44)9-7-19/h4-14,16-17,26,29-30,32-37,39,41-46,48-49,51-56H,15H2,1-3H3/b11-5+/t16-,17-,26+,29-,30-,32+,33+,34+,35+,36+,37+,39-,41+,42-,43-/m0/s1. The second-order valence-electron chi connectivity index (χ2n) is 15.6. The Bertz CT molecular complexity index is 2400. The van der Waals surface area contributed by atoms with Crippen molar-refractivity contribution in [2.75, 3.05) is 13.7 Å². The van der Waals surface area contributed by atoms with E-state index in [0.717, 1.165) is 18.2 Å². The molecule has 3 saturated heterocycles. The molecule has 3 fully saturated rings. The van der Waals surface area contributed by atoms with Gasteiger partial charge in [-0.15, -0.1) is 0 Å². The number of fused-ring (bicyclic) bond motifs is 1. The largest absolute Gasteiger partial charge is 0.508 e. The molecule has 0 spiro atoms. The van der Waals surface area contributed by atoms with E-state index in [-0.39, 0.29) is 39.9 Å². The van der Waals surface area contributed by atoms with E-state index in [9.17, 15) is 65.8 Å². The number of hydrogen-bond acceptors (Lipinski definition) is 22. The first-order valence-corrected chi connectivity index (χ1v) is 20.1. The van der Waals surface area contributed by atoms with Gasteiger partial charge in [-0.05, 0) is 61.9 Å². The molecule has 0 unspecified atom stereocenters. The predicted octanol–water partition coefficient (Wildman–Crippen LogP) is -0.913. The van der Waals surface area contributed by atoms with Crippen LogP contribution in [-0.4, -0.2) is 168 Å². The van der Waals surface area contributed by atoms with Crippen LogP contribution < -0.4 is 19.6 Å². The maximum atomic E-state index is 14.4. The fourth-order valence-corrected chi connectivity index (χ4v) is 7.36. The maximum Gasteiger partial charge on any atom is 0.331 e. The summed E-state index contributed by atoms with van der Waals surface area (Å²) in [5, 5.41) is 116. The minimum Gasteiger partial charge on any atom is -0.508 e. The Hall–Kier alpha value is -5.60. The van der Waals surface area contributed by atoms with Gasteiger partial charge in [-0.2, -0.15) is 0 Å². The molecule has 4 aromatic rings. The molecule has 7 rings (SSSR count). The SMILES string of the molecule is COc1cc(/C=C/C(=O)O[C@@H]2[C@H](O)[C@@H](O)[C@H](Oc3c(-c4ccc(O)cc4)oc4cc(O[C@@H]5O[C@@H](C)[C@H](O)[C@@H](O)[C@H]5O)cc(O)c4c3=O)O[C@@H]2CO[C@@H]2O[C@@H](C)[C@H](O)[C@@H](O)[C@H]2O)ccc1O. The van der Waals surface area contributed by atoms with Gasteiger partial charge in [-0.25, -0.2) is 4.79 Å². The van der Waals surface area contributed by atoms with Gasteiger partial charge in [0.05, 0.1) is 25.9 Å². The lowest BCUT2D eigenvalue weighted by molar-refractivity contribution is -0.319. The maximum absolute atomic E-state index is 14.4. The lowest BCUT2D eigenvalue weighted by Crippen LogP contribution is -2.62. The molecular weight excluding hydrogens is 868 g/mol. The quantitative estimate of drug-likeness (QED) is 0.0605. The van der Waals surface area contributed by atoms with E-state index in [0.29, 0.717) is 5.56 Å². The van der Waals surface area contributed by atoms with Crippen LogP contribution in [0.15, 0.2) is 69.9 Å². The molecule has 4 heterocycles. The van der Waals surface area contributed by atoms with Crippen LogP contribution in [0.4, 0.5) is 0 Å². The van der Waals surface area contributed by atoms with E-state index in [2.05, 4.69) is 0 Å². The summed E-state index contributed by atoms with van der Waals surface area (Å²) in [5.74, 6) is -3.36. The van der Waals surface area contributed by atoms with Crippen molar-refractivity contribution in [1.82, 2.24) is 0 Å². The highest BCUT2D eigenvalue weighted by Crippen LogP contribution is 2.39. The van der Waals surface area contributed by atoms with Crippen LogP contribution in [-0.2, 0) is 28.5 Å². The molecule has 0 radical (unpaired) electrons. The number of rotatable bonds is 12. The second kappa shape index (κ2) is 19.5. The molecule has 22 heteroatoms. The van der Waals surface area contributed by atoms with Gasteiger partial charge in [0.1, 0.15) is 83.2 Å². The van der Waals surface area contributed by atoms with E-state index in [1.165, 1.54) is 69.5 Å². The highest BCUT2D eigenvalue weighted by molar-refractivity contribution is 5.89. The van der Waals surface area contributed by atoms with Crippen LogP contribution in [0.3, 0.4) is 0 Å². The smallest absolute Gasteiger partial charge is 0.331 e. The zero-order chi connectivity index (χ0) is 47.0. The number of esters is 1. The summed E-state index contributed by atoms with van der Waals surface area (Å²) in [4.78, 5) is 27.6. The van der Waals surface area contributed by atoms with E-state index >= 15 is 0 Å². The average Bonchev–Trinajstić information content (AvgIpc) is 3.28. The number of carbonyl (C=O) groups is 1. The number of carbonyl (C=O) groups excluding carboxylic acids is 1. The number of aliphatic hydroxyl groups excluding tert-OH is 8.